The summed E-state index contributed by atoms with van der Waals surface area (Å²) in [6.07, 6.45) is 2.28. The number of carbonyl (C=O) groups is 1. The van der Waals surface area contributed by atoms with E-state index in [1.54, 1.807) is 35.6 Å². The molecule has 0 aliphatic carbocycles. The van der Waals surface area contributed by atoms with E-state index in [1.165, 1.54) is 0 Å². The monoisotopic (exact) mass is 341 g/mol. The van der Waals surface area contributed by atoms with Gasteiger partial charge in [0, 0.05) is 56.4 Å². The van der Waals surface area contributed by atoms with Gasteiger partial charge < -0.3 is 10.2 Å². The number of thiazole rings is 1. The highest BCUT2D eigenvalue weighted by Gasteiger charge is 2.19. The number of nitrogens with one attached hydrogen (secondary N) is 1. The van der Waals surface area contributed by atoms with Crippen LogP contribution in [0.4, 0.5) is 10.8 Å². The number of hydrogen-bond acceptors (Lipinski definition) is 6. The van der Waals surface area contributed by atoms with Crippen LogP contribution in [0.15, 0.2) is 35.8 Å². The third-order valence-electron chi connectivity index (χ3n) is 3.99. The van der Waals surface area contributed by atoms with Crippen LogP contribution in [0.25, 0.3) is 0 Å². The van der Waals surface area contributed by atoms with E-state index in [4.69, 9.17) is 5.26 Å². The third kappa shape index (κ3) is 4.31. The molecule has 1 aromatic carbocycles. The van der Waals surface area contributed by atoms with Gasteiger partial charge in [0.15, 0.2) is 5.13 Å². The molecule has 1 aliphatic rings. The lowest BCUT2D eigenvalue weighted by atomic mass is 10.2. The lowest BCUT2D eigenvalue weighted by Crippen LogP contribution is -2.47. The van der Waals surface area contributed by atoms with Crippen LogP contribution in [0, 0.1) is 11.3 Å². The molecule has 0 radical (unpaired) electrons. The zero-order valence-electron chi connectivity index (χ0n) is 13.3. The summed E-state index contributed by atoms with van der Waals surface area (Å²) in [5.41, 5.74) is 1.22. The van der Waals surface area contributed by atoms with Crippen molar-refractivity contribution >= 4 is 28.1 Å². The first kappa shape index (κ1) is 16.4. The molecule has 0 spiro atoms. The van der Waals surface area contributed by atoms with Crippen molar-refractivity contribution in [2.75, 3.05) is 42.9 Å². The molecule has 1 aromatic heterocycles. The maximum Gasteiger partial charge on any atom is 0.225 e. The van der Waals surface area contributed by atoms with Gasteiger partial charge in [-0.1, -0.05) is 6.07 Å². The van der Waals surface area contributed by atoms with Crippen molar-refractivity contribution in [3.63, 3.8) is 0 Å². The number of benzene rings is 1. The average Bonchev–Trinajstić information content (AvgIpc) is 3.15. The molecule has 1 N–H and O–H groups in total. The predicted molar refractivity (Wildman–Crippen MR) is 95.2 cm³/mol. The quantitative estimate of drug-likeness (QED) is 0.902. The van der Waals surface area contributed by atoms with Crippen molar-refractivity contribution in [2.45, 2.75) is 6.42 Å². The molecule has 0 bridgehead atoms. The molecule has 1 amide bonds. The molecular formula is C17H19N5OS. The molecule has 0 unspecified atom stereocenters. The minimum Gasteiger partial charge on any atom is -0.346 e. The number of aromatic nitrogens is 1. The van der Waals surface area contributed by atoms with Crippen molar-refractivity contribution in [2.24, 2.45) is 0 Å². The molecule has 2 aromatic rings. The Morgan fingerprint density at radius 3 is 2.88 bits per heavy atom. The van der Waals surface area contributed by atoms with Gasteiger partial charge in [-0.3, -0.25) is 9.69 Å². The van der Waals surface area contributed by atoms with Crippen molar-refractivity contribution in [3.05, 3.63) is 41.4 Å². The summed E-state index contributed by atoms with van der Waals surface area (Å²) in [7, 11) is 0. The van der Waals surface area contributed by atoms with E-state index in [0.29, 0.717) is 17.7 Å². The second-order valence-electron chi connectivity index (χ2n) is 5.63. The molecule has 2 heterocycles. The SMILES string of the molecule is N#Cc1cccc(NC(=O)CCN2CCN(c3nccs3)CC2)c1. The summed E-state index contributed by atoms with van der Waals surface area (Å²) in [5.74, 6) is -0.0209. The number of nitrogens with zero attached hydrogens (tertiary/aromatic N) is 4. The Morgan fingerprint density at radius 1 is 1.33 bits per heavy atom. The largest absolute Gasteiger partial charge is 0.346 e. The molecule has 124 valence electrons. The zero-order valence-corrected chi connectivity index (χ0v) is 14.1. The Hall–Kier alpha value is -2.43. The van der Waals surface area contributed by atoms with Crippen LogP contribution in [-0.4, -0.2) is 48.5 Å². The van der Waals surface area contributed by atoms with Gasteiger partial charge in [0.2, 0.25) is 5.91 Å². The Bertz CT molecular complexity index is 717. The van der Waals surface area contributed by atoms with E-state index in [-0.39, 0.29) is 5.91 Å². The summed E-state index contributed by atoms with van der Waals surface area (Å²) < 4.78 is 0. The van der Waals surface area contributed by atoms with Gasteiger partial charge >= 0.3 is 0 Å². The highest BCUT2D eigenvalue weighted by atomic mass is 32.1. The van der Waals surface area contributed by atoms with E-state index in [1.807, 2.05) is 11.6 Å². The molecule has 0 saturated carbocycles. The smallest absolute Gasteiger partial charge is 0.225 e. The summed E-state index contributed by atoms with van der Waals surface area (Å²) in [5, 5.41) is 14.8. The van der Waals surface area contributed by atoms with Crippen molar-refractivity contribution in [3.8, 4) is 6.07 Å². The van der Waals surface area contributed by atoms with Crippen molar-refractivity contribution in [1.82, 2.24) is 9.88 Å². The second kappa shape index (κ2) is 7.90. The highest BCUT2D eigenvalue weighted by molar-refractivity contribution is 7.13. The minimum absolute atomic E-state index is 0.0209. The van der Waals surface area contributed by atoms with Crippen LogP contribution in [0.2, 0.25) is 0 Å². The van der Waals surface area contributed by atoms with E-state index in [9.17, 15) is 4.79 Å². The summed E-state index contributed by atoms with van der Waals surface area (Å²) in [6.45, 7) is 4.52. The maximum absolute atomic E-state index is 12.1. The Labute approximate surface area is 145 Å². The van der Waals surface area contributed by atoms with Crippen LogP contribution in [0.5, 0.6) is 0 Å². The number of anilines is 2. The fourth-order valence-corrected chi connectivity index (χ4v) is 3.38. The van der Waals surface area contributed by atoms with Gasteiger partial charge in [-0.05, 0) is 18.2 Å². The molecule has 7 heteroatoms. The van der Waals surface area contributed by atoms with Crippen LogP contribution in [0.1, 0.15) is 12.0 Å². The normalized spacial score (nSPS) is 15.0. The summed E-state index contributed by atoms with van der Waals surface area (Å²) in [4.78, 5) is 21.0. The van der Waals surface area contributed by atoms with Crippen LogP contribution in [-0.2, 0) is 4.79 Å². The van der Waals surface area contributed by atoms with Crippen LogP contribution < -0.4 is 10.2 Å². The molecule has 1 aliphatic heterocycles. The van der Waals surface area contributed by atoms with Gasteiger partial charge in [0.1, 0.15) is 0 Å². The number of amides is 1. The fraction of sp³-hybridized carbons (Fsp3) is 0.353. The Balaban J connectivity index is 1.41. The Morgan fingerprint density at radius 2 is 2.17 bits per heavy atom. The van der Waals surface area contributed by atoms with Crippen molar-refractivity contribution in [1.29, 1.82) is 5.26 Å². The topological polar surface area (TPSA) is 72.3 Å². The van der Waals surface area contributed by atoms with Gasteiger partial charge in [-0.25, -0.2) is 4.98 Å². The molecule has 24 heavy (non-hydrogen) atoms. The van der Waals surface area contributed by atoms with E-state index in [2.05, 4.69) is 26.2 Å². The minimum atomic E-state index is -0.0209. The average molecular weight is 341 g/mol. The zero-order chi connectivity index (χ0) is 16.8. The van der Waals surface area contributed by atoms with Gasteiger partial charge in [0.25, 0.3) is 0 Å². The summed E-state index contributed by atoms with van der Waals surface area (Å²) in [6, 6.07) is 9.04. The molecule has 3 rings (SSSR count). The van der Waals surface area contributed by atoms with E-state index >= 15 is 0 Å². The maximum atomic E-state index is 12.1. The number of nitriles is 1. The predicted octanol–water partition coefficient (Wildman–Crippen LogP) is 2.17. The molecule has 6 nitrogen and oxygen atoms in total. The number of piperazine rings is 1. The van der Waals surface area contributed by atoms with Crippen LogP contribution >= 0.6 is 11.3 Å². The van der Waals surface area contributed by atoms with Crippen LogP contribution in [0.3, 0.4) is 0 Å². The van der Waals surface area contributed by atoms with Gasteiger partial charge in [-0.15, -0.1) is 11.3 Å². The first-order valence-electron chi connectivity index (χ1n) is 7.91. The van der Waals surface area contributed by atoms with Gasteiger partial charge in [0.05, 0.1) is 11.6 Å². The number of hydrogen-bond donors (Lipinski definition) is 1. The van der Waals surface area contributed by atoms with E-state index < -0.39 is 0 Å². The molecule has 1 fully saturated rings. The Kier molecular flexibility index (Phi) is 5.41. The fourth-order valence-electron chi connectivity index (χ4n) is 2.68. The summed E-state index contributed by atoms with van der Waals surface area (Å²) >= 11 is 1.66. The highest BCUT2D eigenvalue weighted by Crippen LogP contribution is 2.19. The number of carbonyl (C=O) groups excluding carboxylic acids is 1. The second-order valence-corrected chi connectivity index (χ2v) is 6.51. The standard InChI is InChI=1S/C17H19N5OS/c18-13-14-2-1-3-15(12-14)20-16(23)4-6-21-7-9-22(10-8-21)17-19-5-11-24-17/h1-3,5,11-12H,4,6-10H2,(H,20,23). The molecular weight excluding hydrogens is 322 g/mol. The number of rotatable bonds is 5. The molecule has 0 atom stereocenters. The van der Waals surface area contributed by atoms with Crippen molar-refractivity contribution < 1.29 is 4.79 Å². The molecule has 1 saturated heterocycles. The lowest BCUT2D eigenvalue weighted by molar-refractivity contribution is -0.116. The van der Waals surface area contributed by atoms with Gasteiger partial charge in [-0.2, -0.15) is 5.26 Å². The first-order chi connectivity index (χ1) is 11.7. The van der Waals surface area contributed by atoms with E-state index in [0.717, 1.165) is 37.9 Å². The lowest BCUT2D eigenvalue weighted by Gasteiger charge is -2.34. The third-order valence-corrected chi connectivity index (χ3v) is 4.82. The first-order valence-corrected chi connectivity index (χ1v) is 8.79.